The molecule has 0 aromatic carbocycles. The monoisotopic (exact) mass is 246 g/mol. The Balaban J connectivity index is 2.09. The summed E-state index contributed by atoms with van der Waals surface area (Å²) < 4.78 is 23.2. The fourth-order valence-electron chi connectivity index (χ4n) is 1.82. The lowest BCUT2D eigenvalue weighted by Gasteiger charge is -2.05. The van der Waals surface area contributed by atoms with Gasteiger partial charge in [0.25, 0.3) is 0 Å². The SMILES string of the molecule is NCc1cnc(CC2CCCS2(=O)=O)s1. The van der Waals surface area contributed by atoms with Gasteiger partial charge in [0, 0.05) is 24.0 Å². The molecule has 0 spiro atoms. The molecule has 4 nitrogen and oxygen atoms in total. The summed E-state index contributed by atoms with van der Waals surface area (Å²) >= 11 is 1.52. The molecule has 1 aliphatic heterocycles. The summed E-state index contributed by atoms with van der Waals surface area (Å²) in [6.45, 7) is 0.481. The van der Waals surface area contributed by atoms with Crippen molar-refractivity contribution in [1.29, 1.82) is 0 Å². The van der Waals surface area contributed by atoms with Crippen LogP contribution in [-0.4, -0.2) is 24.4 Å². The second-order valence-electron chi connectivity index (χ2n) is 3.76. The highest BCUT2D eigenvalue weighted by Gasteiger charge is 2.31. The first-order valence-electron chi connectivity index (χ1n) is 4.97. The molecule has 1 unspecified atom stereocenters. The predicted molar refractivity (Wildman–Crippen MR) is 60.5 cm³/mol. The van der Waals surface area contributed by atoms with Crippen LogP contribution in [0, 0.1) is 0 Å². The summed E-state index contributed by atoms with van der Waals surface area (Å²) in [4.78, 5) is 5.20. The van der Waals surface area contributed by atoms with Crippen LogP contribution in [0.3, 0.4) is 0 Å². The van der Waals surface area contributed by atoms with Gasteiger partial charge in [0.05, 0.1) is 16.0 Å². The van der Waals surface area contributed by atoms with E-state index in [2.05, 4.69) is 4.98 Å². The predicted octanol–water partition coefficient (Wildman–Crippen LogP) is 0.722. The Kier molecular flexibility index (Phi) is 3.08. The highest BCUT2D eigenvalue weighted by molar-refractivity contribution is 7.92. The third-order valence-corrected chi connectivity index (χ3v) is 5.99. The molecular formula is C9H14N2O2S2. The lowest BCUT2D eigenvalue weighted by atomic mass is 10.2. The van der Waals surface area contributed by atoms with Gasteiger partial charge in [-0.2, -0.15) is 0 Å². The number of sulfone groups is 1. The van der Waals surface area contributed by atoms with E-state index in [4.69, 9.17) is 5.73 Å². The van der Waals surface area contributed by atoms with Crippen LogP contribution in [0.2, 0.25) is 0 Å². The van der Waals surface area contributed by atoms with Gasteiger partial charge in [-0.25, -0.2) is 13.4 Å². The largest absolute Gasteiger partial charge is 0.326 e. The zero-order valence-corrected chi connectivity index (χ0v) is 9.98. The van der Waals surface area contributed by atoms with E-state index in [-0.39, 0.29) is 5.25 Å². The lowest BCUT2D eigenvalue weighted by Crippen LogP contribution is -2.18. The van der Waals surface area contributed by atoms with Crippen LogP contribution in [0.4, 0.5) is 0 Å². The van der Waals surface area contributed by atoms with Crippen molar-refractivity contribution in [2.75, 3.05) is 5.75 Å². The van der Waals surface area contributed by atoms with Crippen molar-refractivity contribution < 1.29 is 8.42 Å². The van der Waals surface area contributed by atoms with Crippen molar-refractivity contribution >= 4 is 21.2 Å². The van der Waals surface area contributed by atoms with Crippen molar-refractivity contribution in [3.8, 4) is 0 Å². The van der Waals surface area contributed by atoms with Crippen LogP contribution < -0.4 is 5.73 Å². The van der Waals surface area contributed by atoms with E-state index in [0.29, 0.717) is 18.7 Å². The van der Waals surface area contributed by atoms with Gasteiger partial charge in [-0.15, -0.1) is 11.3 Å². The average molecular weight is 246 g/mol. The van der Waals surface area contributed by atoms with Gasteiger partial charge in [0.15, 0.2) is 9.84 Å². The number of aromatic nitrogens is 1. The van der Waals surface area contributed by atoms with E-state index in [0.717, 1.165) is 22.7 Å². The molecule has 15 heavy (non-hydrogen) atoms. The highest BCUT2D eigenvalue weighted by Crippen LogP contribution is 2.25. The second kappa shape index (κ2) is 4.19. The summed E-state index contributed by atoms with van der Waals surface area (Å²) in [7, 11) is -2.85. The van der Waals surface area contributed by atoms with Gasteiger partial charge in [-0.3, -0.25) is 0 Å². The molecule has 2 N–H and O–H groups in total. The van der Waals surface area contributed by atoms with E-state index in [1.807, 2.05) is 0 Å². The molecule has 1 aromatic rings. The third kappa shape index (κ3) is 2.38. The van der Waals surface area contributed by atoms with E-state index in [9.17, 15) is 8.42 Å². The van der Waals surface area contributed by atoms with Crippen LogP contribution >= 0.6 is 11.3 Å². The van der Waals surface area contributed by atoms with Crippen molar-refractivity contribution in [3.05, 3.63) is 16.1 Å². The van der Waals surface area contributed by atoms with Crippen LogP contribution in [0.5, 0.6) is 0 Å². The standard InChI is InChI=1S/C9H14N2O2S2/c10-5-7-6-11-9(14-7)4-8-2-1-3-15(8,12)13/h6,8H,1-5,10H2. The zero-order chi connectivity index (χ0) is 10.9. The average Bonchev–Trinajstić information content (AvgIpc) is 2.75. The number of rotatable bonds is 3. The Morgan fingerprint density at radius 1 is 1.60 bits per heavy atom. The van der Waals surface area contributed by atoms with E-state index >= 15 is 0 Å². The van der Waals surface area contributed by atoms with E-state index in [1.54, 1.807) is 6.20 Å². The minimum absolute atomic E-state index is 0.214. The van der Waals surface area contributed by atoms with Crippen LogP contribution in [0.15, 0.2) is 6.20 Å². The maximum Gasteiger partial charge on any atom is 0.153 e. The smallest absolute Gasteiger partial charge is 0.153 e. The number of hydrogen-bond acceptors (Lipinski definition) is 5. The summed E-state index contributed by atoms with van der Waals surface area (Å²) in [5.74, 6) is 0.340. The van der Waals surface area contributed by atoms with Crippen molar-refractivity contribution in [2.45, 2.75) is 31.1 Å². The molecule has 0 amide bonds. The summed E-state index contributed by atoms with van der Waals surface area (Å²) in [5.41, 5.74) is 5.48. The quantitative estimate of drug-likeness (QED) is 0.853. The molecule has 84 valence electrons. The second-order valence-corrected chi connectivity index (χ2v) is 7.36. The fourth-order valence-corrected chi connectivity index (χ4v) is 4.65. The van der Waals surface area contributed by atoms with Gasteiger partial charge in [0.1, 0.15) is 0 Å². The molecule has 1 aromatic heterocycles. The number of nitrogens with two attached hydrogens (primary N) is 1. The van der Waals surface area contributed by atoms with Crippen LogP contribution in [0.1, 0.15) is 22.7 Å². The first-order valence-corrected chi connectivity index (χ1v) is 7.50. The van der Waals surface area contributed by atoms with Gasteiger partial charge < -0.3 is 5.73 Å². The Morgan fingerprint density at radius 2 is 2.40 bits per heavy atom. The molecule has 0 aliphatic carbocycles. The van der Waals surface area contributed by atoms with Gasteiger partial charge in [-0.05, 0) is 12.8 Å². The van der Waals surface area contributed by atoms with Gasteiger partial charge in [-0.1, -0.05) is 0 Å². The maximum atomic E-state index is 11.6. The maximum absolute atomic E-state index is 11.6. The van der Waals surface area contributed by atoms with Gasteiger partial charge in [0.2, 0.25) is 0 Å². The molecule has 6 heteroatoms. The molecular weight excluding hydrogens is 232 g/mol. The molecule has 1 saturated heterocycles. The minimum Gasteiger partial charge on any atom is -0.326 e. The molecule has 0 radical (unpaired) electrons. The first kappa shape index (κ1) is 11.0. The first-order chi connectivity index (χ1) is 7.12. The van der Waals surface area contributed by atoms with E-state index < -0.39 is 9.84 Å². The van der Waals surface area contributed by atoms with Crippen molar-refractivity contribution in [2.24, 2.45) is 5.73 Å². The molecule has 0 saturated carbocycles. The third-order valence-electron chi connectivity index (χ3n) is 2.67. The van der Waals surface area contributed by atoms with Crippen LogP contribution in [0.25, 0.3) is 0 Å². The number of hydrogen-bond donors (Lipinski definition) is 1. The van der Waals surface area contributed by atoms with E-state index in [1.165, 1.54) is 11.3 Å². The minimum atomic E-state index is -2.85. The highest BCUT2D eigenvalue weighted by atomic mass is 32.2. The fraction of sp³-hybridized carbons (Fsp3) is 0.667. The van der Waals surface area contributed by atoms with Crippen molar-refractivity contribution in [1.82, 2.24) is 4.98 Å². The molecule has 1 aliphatic rings. The number of nitrogens with zero attached hydrogens (tertiary/aromatic N) is 1. The molecule has 2 rings (SSSR count). The molecule has 1 fully saturated rings. The normalized spacial score (nSPS) is 24.5. The van der Waals surface area contributed by atoms with Crippen LogP contribution in [-0.2, 0) is 22.8 Å². The summed E-state index contributed by atoms with van der Waals surface area (Å²) in [6.07, 6.45) is 3.87. The summed E-state index contributed by atoms with van der Waals surface area (Å²) in [5, 5.41) is 0.681. The summed E-state index contributed by atoms with van der Waals surface area (Å²) in [6, 6.07) is 0. The molecule has 1 atom stereocenters. The number of thiazole rings is 1. The van der Waals surface area contributed by atoms with Gasteiger partial charge >= 0.3 is 0 Å². The lowest BCUT2D eigenvalue weighted by molar-refractivity contribution is 0.588. The Bertz CT molecular complexity index is 439. The molecule has 2 heterocycles. The van der Waals surface area contributed by atoms with Crippen molar-refractivity contribution in [3.63, 3.8) is 0 Å². The Hall–Kier alpha value is -0.460. The topological polar surface area (TPSA) is 73.0 Å². The Morgan fingerprint density at radius 3 is 2.93 bits per heavy atom. The Labute approximate surface area is 93.4 Å². The molecule has 0 bridgehead atoms. The zero-order valence-electron chi connectivity index (χ0n) is 8.35.